The number of carbonyl (C=O) groups is 2. The molecule has 0 unspecified atom stereocenters. The maximum absolute atomic E-state index is 12.8. The van der Waals surface area contributed by atoms with Crippen molar-refractivity contribution in [1.29, 1.82) is 0 Å². The fraction of sp³-hybridized carbons (Fsp3) is 0.267. The molecule has 0 radical (unpaired) electrons. The first-order chi connectivity index (χ1) is 10.4. The van der Waals surface area contributed by atoms with Crippen molar-refractivity contribution in [3.05, 3.63) is 46.2 Å². The van der Waals surface area contributed by atoms with Crippen LogP contribution in [-0.2, 0) is 4.74 Å². The second kappa shape index (κ2) is 6.65. The third kappa shape index (κ3) is 3.88. The Bertz CT molecular complexity index is 695. The molecule has 1 aromatic carbocycles. The summed E-state index contributed by atoms with van der Waals surface area (Å²) in [7, 11) is 0. The lowest BCUT2D eigenvalue weighted by Crippen LogP contribution is -2.11. The molecule has 0 aliphatic rings. The molecule has 0 aliphatic heterocycles. The summed E-state index contributed by atoms with van der Waals surface area (Å²) < 4.78 is 17.9. The van der Waals surface area contributed by atoms with Gasteiger partial charge in [0.2, 0.25) is 0 Å². The highest BCUT2D eigenvalue weighted by Gasteiger charge is 2.19. The van der Waals surface area contributed by atoms with E-state index in [1.165, 1.54) is 24.3 Å². The number of nitrogens with one attached hydrogen (secondary N) is 1. The number of carbonyl (C=O) groups excluding carboxylic acids is 2. The molecule has 2 rings (SSSR count). The lowest BCUT2D eigenvalue weighted by atomic mass is 10.2. The predicted octanol–water partition coefficient (Wildman–Crippen LogP) is 3.41. The van der Waals surface area contributed by atoms with E-state index >= 15 is 0 Å². The van der Waals surface area contributed by atoms with Gasteiger partial charge in [-0.1, -0.05) is 11.3 Å². The monoisotopic (exact) mass is 322 g/mol. The van der Waals surface area contributed by atoms with E-state index in [9.17, 15) is 14.0 Å². The van der Waals surface area contributed by atoms with Crippen molar-refractivity contribution >= 4 is 28.3 Å². The fourth-order valence-corrected chi connectivity index (χ4v) is 2.52. The van der Waals surface area contributed by atoms with Crippen LogP contribution in [0.4, 0.5) is 9.52 Å². The number of nitrogens with zero attached hydrogens (tertiary/aromatic N) is 1. The standard InChI is InChI=1S/C15H15FN2O3S/c1-8(2)21-14(20)12-9(3)17-15(22-12)18-13(19)10-4-6-11(16)7-5-10/h4-8H,1-3H3,(H,17,18,19). The third-order valence-electron chi connectivity index (χ3n) is 2.65. The zero-order chi connectivity index (χ0) is 16.3. The number of amides is 1. The maximum Gasteiger partial charge on any atom is 0.350 e. The molecular weight excluding hydrogens is 307 g/mol. The lowest BCUT2D eigenvalue weighted by molar-refractivity contribution is 0.0382. The number of rotatable bonds is 4. The smallest absolute Gasteiger partial charge is 0.350 e. The molecule has 0 fully saturated rings. The van der Waals surface area contributed by atoms with Gasteiger partial charge in [0.15, 0.2) is 5.13 Å². The van der Waals surface area contributed by atoms with Crippen LogP contribution in [0.5, 0.6) is 0 Å². The number of anilines is 1. The van der Waals surface area contributed by atoms with Crippen molar-refractivity contribution in [3.8, 4) is 0 Å². The molecule has 22 heavy (non-hydrogen) atoms. The predicted molar refractivity (Wildman–Crippen MR) is 81.8 cm³/mol. The Labute approximate surface area is 131 Å². The normalized spacial score (nSPS) is 10.6. The zero-order valence-electron chi connectivity index (χ0n) is 12.3. The van der Waals surface area contributed by atoms with Crippen molar-refractivity contribution in [3.63, 3.8) is 0 Å². The molecule has 0 bridgehead atoms. The van der Waals surface area contributed by atoms with Gasteiger partial charge in [0, 0.05) is 5.56 Å². The van der Waals surface area contributed by atoms with Gasteiger partial charge < -0.3 is 4.74 Å². The molecule has 0 saturated carbocycles. The largest absolute Gasteiger partial charge is 0.459 e. The minimum atomic E-state index is -0.465. The van der Waals surface area contributed by atoms with E-state index in [0.29, 0.717) is 21.3 Å². The summed E-state index contributed by atoms with van der Waals surface area (Å²) in [4.78, 5) is 28.4. The summed E-state index contributed by atoms with van der Waals surface area (Å²) in [6, 6.07) is 5.15. The average Bonchev–Trinajstić information content (AvgIpc) is 2.79. The van der Waals surface area contributed by atoms with Gasteiger partial charge in [0.25, 0.3) is 5.91 Å². The number of ether oxygens (including phenoxy) is 1. The second-order valence-corrected chi connectivity index (χ2v) is 5.85. The van der Waals surface area contributed by atoms with Crippen LogP contribution in [0.3, 0.4) is 0 Å². The number of hydrogen-bond acceptors (Lipinski definition) is 5. The Balaban J connectivity index is 2.12. The lowest BCUT2D eigenvalue weighted by Gasteiger charge is -2.05. The summed E-state index contributed by atoms with van der Waals surface area (Å²) in [6.45, 7) is 5.18. The second-order valence-electron chi connectivity index (χ2n) is 4.85. The van der Waals surface area contributed by atoms with Crippen molar-refractivity contribution < 1.29 is 18.7 Å². The third-order valence-corrected chi connectivity index (χ3v) is 3.70. The first-order valence-electron chi connectivity index (χ1n) is 6.62. The molecule has 0 atom stereocenters. The Kier molecular flexibility index (Phi) is 4.87. The summed E-state index contributed by atoms with van der Waals surface area (Å²) in [5, 5.41) is 2.88. The molecule has 7 heteroatoms. The van der Waals surface area contributed by atoms with Crippen molar-refractivity contribution in [2.75, 3.05) is 5.32 Å². The van der Waals surface area contributed by atoms with Crippen LogP contribution in [0.15, 0.2) is 24.3 Å². The van der Waals surface area contributed by atoms with Gasteiger partial charge in [-0.05, 0) is 45.0 Å². The Hall–Kier alpha value is -2.28. The van der Waals surface area contributed by atoms with Gasteiger partial charge in [-0.15, -0.1) is 0 Å². The number of halogens is 1. The summed E-state index contributed by atoms with van der Waals surface area (Å²) in [5.74, 6) is -1.30. The van der Waals surface area contributed by atoms with Crippen LogP contribution in [-0.4, -0.2) is 23.0 Å². The van der Waals surface area contributed by atoms with E-state index in [1.807, 2.05) is 0 Å². The minimum Gasteiger partial charge on any atom is -0.459 e. The van der Waals surface area contributed by atoms with E-state index in [0.717, 1.165) is 11.3 Å². The summed E-state index contributed by atoms with van der Waals surface area (Å²) in [6.07, 6.45) is -0.230. The summed E-state index contributed by atoms with van der Waals surface area (Å²) in [5.41, 5.74) is 0.797. The van der Waals surface area contributed by atoms with Crippen LogP contribution in [0.2, 0.25) is 0 Å². The van der Waals surface area contributed by atoms with Gasteiger partial charge in [0.1, 0.15) is 10.7 Å². The molecule has 2 aromatic rings. The van der Waals surface area contributed by atoms with Crippen LogP contribution in [0, 0.1) is 12.7 Å². The SMILES string of the molecule is Cc1nc(NC(=O)c2ccc(F)cc2)sc1C(=O)OC(C)C. The first-order valence-corrected chi connectivity index (χ1v) is 7.44. The van der Waals surface area contributed by atoms with Crippen molar-refractivity contribution in [2.45, 2.75) is 26.9 Å². The van der Waals surface area contributed by atoms with Crippen LogP contribution >= 0.6 is 11.3 Å². The minimum absolute atomic E-state index is 0.230. The number of benzene rings is 1. The molecular formula is C15H15FN2O3S. The summed E-state index contributed by atoms with van der Waals surface area (Å²) >= 11 is 1.04. The molecule has 0 saturated heterocycles. The maximum atomic E-state index is 12.8. The van der Waals surface area contributed by atoms with E-state index in [4.69, 9.17) is 4.74 Å². The molecule has 1 amide bonds. The van der Waals surface area contributed by atoms with Crippen LogP contribution in [0.1, 0.15) is 39.6 Å². The Morgan fingerprint density at radius 2 is 1.91 bits per heavy atom. The highest BCUT2D eigenvalue weighted by molar-refractivity contribution is 7.17. The van der Waals surface area contributed by atoms with Gasteiger partial charge in [-0.3, -0.25) is 10.1 Å². The number of aromatic nitrogens is 1. The number of aryl methyl sites for hydroxylation is 1. The van der Waals surface area contributed by atoms with Gasteiger partial charge >= 0.3 is 5.97 Å². The molecule has 5 nitrogen and oxygen atoms in total. The van der Waals surface area contributed by atoms with E-state index in [-0.39, 0.29) is 6.10 Å². The van der Waals surface area contributed by atoms with Crippen LogP contribution < -0.4 is 5.32 Å². The number of esters is 1. The average molecular weight is 322 g/mol. The topological polar surface area (TPSA) is 68.3 Å². The molecule has 1 heterocycles. The zero-order valence-corrected chi connectivity index (χ0v) is 13.2. The Morgan fingerprint density at radius 3 is 2.50 bits per heavy atom. The van der Waals surface area contributed by atoms with Gasteiger partial charge in [-0.2, -0.15) is 0 Å². The first kappa shape index (κ1) is 16.1. The molecule has 116 valence electrons. The molecule has 1 aromatic heterocycles. The van der Waals surface area contributed by atoms with Crippen molar-refractivity contribution in [2.24, 2.45) is 0 Å². The molecule has 0 aliphatic carbocycles. The van der Waals surface area contributed by atoms with Crippen LogP contribution in [0.25, 0.3) is 0 Å². The number of thiazole rings is 1. The van der Waals surface area contributed by atoms with Gasteiger partial charge in [-0.25, -0.2) is 14.2 Å². The van der Waals surface area contributed by atoms with E-state index < -0.39 is 17.7 Å². The Morgan fingerprint density at radius 1 is 1.27 bits per heavy atom. The van der Waals surface area contributed by atoms with Gasteiger partial charge in [0.05, 0.1) is 11.8 Å². The fourth-order valence-electron chi connectivity index (χ4n) is 1.68. The quantitative estimate of drug-likeness (QED) is 0.876. The highest BCUT2D eigenvalue weighted by Crippen LogP contribution is 2.24. The van der Waals surface area contributed by atoms with E-state index in [2.05, 4.69) is 10.3 Å². The number of hydrogen-bond donors (Lipinski definition) is 1. The molecule has 0 spiro atoms. The molecule has 1 N–H and O–H groups in total. The van der Waals surface area contributed by atoms with Crippen molar-refractivity contribution in [1.82, 2.24) is 4.98 Å². The van der Waals surface area contributed by atoms with E-state index in [1.54, 1.807) is 20.8 Å². The highest BCUT2D eigenvalue weighted by atomic mass is 32.1.